The van der Waals surface area contributed by atoms with E-state index in [2.05, 4.69) is 378 Å². The Hall–Kier alpha value is 18.8. The number of nitrogens with zero attached hydrogens (tertiary/aromatic N) is 15. The van der Waals surface area contributed by atoms with Gasteiger partial charge >= 0.3 is 0 Å². The first-order chi connectivity index (χ1) is 66.0. The van der Waals surface area contributed by atoms with Crippen LogP contribution in [0.3, 0.4) is 0 Å². The number of methoxy groups -OCH3 is 1. The molecule has 12 heterocycles. The number of hydrogen-bond donors (Lipinski definition) is 2. The maximum absolute atomic E-state index is 7.94. The number of hydrogen-bond acceptors (Lipinski definition) is 18. The molecule has 6 saturated heterocycles. The second kappa shape index (κ2) is 71.5. The lowest BCUT2D eigenvalue weighted by molar-refractivity contribution is 0.122. The molecule has 8 aromatic rings. The number of fused-ring (bicyclic) bond motifs is 4. The number of benzene rings is 2. The van der Waals surface area contributed by atoms with Gasteiger partial charge in [0, 0.05) is 101 Å². The summed E-state index contributed by atoms with van der Waals surface area (Å²) in [6.45, 7) is 16.0. The standard InChI is InChI=1S/C28H34N8O.C18H26N6O.C10H9ClN2.C3H8O2.H61P59/c1-19-14-20(2)27-22(15-19)29-18-30-28(27)35-9-4-3-6-23(35)21-16-25-31-24(33-7-5-8-33)17-26(36(25)32-21)34-10-12-37-13-11-34;1-2-5-19-14(4-1)15-12-17-20-16(22-6-3-7-22)13-18(24(17)21-15)23-8-10-25-11-9-23;1-6-3-7(2)9-8(4-6)12-5-13-10(9)11;1-5-3-2-4;1-31-46(30)54(47(32(2)3)33(4)5)58(55(48(34(6)7)35(8)9)49(36(10)11)37(12)13)59(56(50(38(14)15)39(16)17)51(40(18)19)41(20)21)57(52(42(22)23)43(24)25)53(44(26)27)45(28)29/h14-18,23H,3-13H2,1-2H3;12-14,19H,1-11H2;3-5H,1-2H3;4H,2-3H2,1H3;31H,1-30H2. The molecule has 36 unspecified atom stereocenters. The molecule has 6 aromatic heterocycles. The van der Waals surface area contributed by atoms with E-state index in [-0.39, 0.29) is 208 Å². The smallest absolute Gasteiger partial charge is 0.160 e. The number of nitrogens with one attached hydrogen (secondary N) is 1. The van der Waals surface area contributed by atoms with Crippen molar-refractivity contribution in [2.45, 2.75) is 91.1 Å². The van der Waals surface area contributed by atoms with Gasteiger partial charge in [-0.2, -0.15) is 19.2 Å². The van der Waals surface area contributed by atoms with Crippen molar-refractivity contribution in [1.82, 2.24) is 54.4 Å². The maximum atomic E-state index is 7.94. The molecule has 20 nitrogen and oxygen atoms in total. The molecular formula is C59H138ClN16O4P59. The molecule has 0 bridgehead atoms. The zero-order valence-electron chi connectivity index (χ0n) is 77.5. The lowest BCUT2D eigenvalue weighted by Gasteiger charge is -2.60. The summed E-state index contributed by atoms with van der Waals surface area (Å²) in [5.41, 5.74) is 10.8. The highest BCUT2D eigenvalue weighted by molar-refractivity contribution is 9.54. The fraction of sp³-hybridized carbons (Fsp3) is 0.525. The predicted octanol–water partition coefficient (Wildman–Crippen LogP) is 42.7. The fourth-order valence-corrected chi connectivity index (χ4v) is 862. The summed E-state index contributed by atoms with van der Waals surface area (Å²) in [7, 11) is 109. The van der Waals surface area contributed by atoms with E-state index in [9.17, 15) is 0 Å². The van der Waals surface area contributed by atoms with Crippen molar-refractivity contribution in [3.05, 3.63) is 100.0 Å². The molecule has 6 aliphatic rings. The Morgan fingerprint density at radius 3 is 1.12 bits per heavy atom. The molecule has 6 aliphatic heterocycles. The summed E-state index contributed by atoms with van der Waals surface area (Å²) in [6.07, 6.45) is 12.8. The van der Waals surface area contributed by atoms with Crippen molar-refractivity contribution in [2.75, 3.05) is 137 Å². The fourth-order valence-electron chi connectivity index (χ4n) is 15.2. The number of rotatable bonds is 37. The Balaban J connectivity index is 0.000000207. The molecule has 0 radical (unpaired) electrons. The van der Waals surface area contributed by atoms with E-state index < -0.39 is 0 Å². The number of aryl methyl sites for hydroxylation is 4. The summed E-state index contributed by atoms with van der Waals surface area (Å²) >= 11 is 5.96. The normalized spacial score (nSPS) is 18.0. The Kier molecular flexibility index (Phi) is 71.7. The predicted molar refractivity (Wildman–Crippen MR) is 810 cm³/mol. The number of morpholine rings is 2. The molecule has 36 atom stereocenters. The van der Waals surface area contributed by atoms with Crippen molar-refractivity contribution >= 4 is 545 Å². The van der Waals surface area contributed by atoms with Gasteiger partial charge in [0.1, 0.15) is 46.9 Å². The average Bonchev–Trinajstić information content (AvgIpc) is 0.851. The van der Waals surface area contributed by atoms with Gasteiger partial charge in [-0.25, -0.2) is 29.9 Å². The van der Waals surface area contributed by atoms with Gasteiger partial charge in [-0.1, -0.05) is 38.1 Å². The third-order valence-corrected chi connectivity index (χ3v) is 432. The van der Waals surface area contributed by atoms with Crippen LogP contribution in [0.2, 0.25) is 5.15 Å². The van der Waals surface area contributed by atoms with Crippen LogP contribution in [0.5, 0.6) is 0 Å². The van der Waals surface area contributed by atoms with Gasteiger partial charge in [0.2, 0.25) is 0 Å². The molecule has 2 N–H and O–H groups in total. The summed E-state index contributed by atoms with van der Waals surface area (Å²) in [5, 5.41) is 24.3. The first kappa shape index (κ1) is 139. The van der Waals surface area contributed by atoms with Gasteiger partial charge in [0.15, 0.2) is 11.3 Å². The van der Waals surface area contributed by atoms with Crippen LogP contribution in [0.25, 0.3) is 33.1 Å². The number of aliphatic hydroxyl groups excluding tert-OH is 1. The van der Waals surface area contributed by atoms with Crippen molar-refractivity contribution in [2.24, 2.45) is 0 Å². The van der Waals surface area contributed by atoms with Crippen LogP contribution in [0.15, 0.2) is 61.2 Å². The third kappa shape index (κ3) is 40.2. The summed E-state index contributed by atoms with van der Waals surface area (Å²) < 4.78 is 19.7. The highest BCUT2D eigenvalue weighted by atomic mass is 35.5. The molecule has 80 heteroatoms. The molecule has 139 heavy (non-hydrogen) atoms. The number of aliphatic hydroxyl groups is 1. The molecular weight excluding hydrogens is 2860 g/mol. The second-order valence-corrected chi connectivity index (χ2v) is 273. The van der Waals surface area contributed by atoms with Crippen LogP contribution in [-0.2, 0) is 14.2 Å². The molecule has 0 spiro atoms. The number of ether oxygens (including phenoxy) is 3. The summed E-state index contributed by atoms with van der Waals surface area (Å²) in [5.74, 6) is 5.43. The minimum absolute atomic E-state index is 0.122. The van der Waals surface area contributed by atoms with Gasteiger partial charge in [-0.05, 0) is 309 Å². The van der Waals surface area contributed by atoms with E-state index in [4.69, 9.17) is 51.3 Å². The molecule has 2 aromatic carbocycles. The van der Waals surface area contributed by atoms with E-state index in [1.165, 1.54) is 55.1 Å². The van der Waals surface area contributed by atoms with Crippen LogP contribution in [-0.4, -0.2) is 166 Å². The maximum Gasteiger partial charge on any atom is 0.160 e. The molecule has 780 valence electrons. The van der Waals surface area contributed by atoms with Gasteiger partial charge in [-0.3, -0.25) is 0 Å². The van der Waals surface area contributed by atoms with Gasteiger partial charge in [0.25, 0.3) is 0 Å². The lowest BCUT2D eigenvalue weighted by atomic mass is 9.98. The molecule has 14 rings (SSSR count). The van der Waals surface area contributed by atoms with Gasteiger partial charge < -0.3 is 49.1 Å². The average molecular weight is 3000 g/mol. The zero-order chi connectivity index (χ0) is 102. The van der Waals surface area contributed by atoms with E-state index in [0.717, 1.165) is 198 Å². The minimum Gasteiger partial charge on any atom is -0.394 e. The summed E-state index contributed by atoms with van der Waals surface area (Å²) in [4.78, 5) is 39.5. The third-order valence-electron chi connectivity index (χ3n) is 21.2. The second-order valence-electron chi connectivity index (χ2n) is 31.0. The first-order valence-corrected chi connectivity index (χ1v) is 150. The van der Waals surface area contributed by atoms with Crippen LogP contribution < -0.4 is 29.8 Å². The number of piperidine rings is 2. The largest absolute Gasteiger partial charge is 0.394 e. The number of aromatic nitrogens is 10. The van der Waals surface area contributed by atoms with Gasteiger partial charge in [0.05, 0.1) is 74.1 Å². The Morgan fingerprint density at radius 2 is 0.763 bits per heavy atom. The van der Waals surface area contributed by atoms with E-state index in [1.807, 2.05) is 24.4 Å². The van der Waals surface area contributed by atoms with E-state index >= 15 is 0 Å². The van der Waals surface area contributed by atoms with Crippen LogP contribution in [0.4, 0.5) is 29.1 Å². The van der Waals surface area contributed by atoms with Gasteiger partial charge in [-0.15, -0.1) is 268 Å². The molecule has 0 saturated carbocycles. The number of halogens is 1. The molecule has 6 fully saturated rings. The topological polar surface area (TPSA) is 188 Å². The highest BCUT2D eigenvalue weighted by Gasteiger charge is 2.61. The van der Waals surface area contributed by atoms with Crippen molar-refractivity contribution < 1.29 is 19.3 Å². The quantitative estimate of drug-likeness (QED) is 0.0276. The first-order valence-electron chi connectivity index (χ1n) is 42.2. The van der Waals surface area contributed by atoms with Crippen LogP contribution in [0, 0.1) is 27.7 Å². The van der Waals surface area contributed by atoms with Crippen LogP contribution >= 0.6 is 483 Å². The zero-order valence-corrected chi connectivity index (χ0v) is 139. The van der Waals surface area contributed by atoms with Crippen molar-refractivity contribution in [1.29, 1.82) is 0 Å². The monoisotopic (exact) mass is 3000 g/mol. The highest BCUT2D eigenvalue weighted by Crippen LogP contribution is 3.48. The van der Waals surface area contributed by atoms with Crippen LogP contribution in [0.1, 0.15) is 97.1 Å². The van der Waals surface area contributed by atoms with E-state index in [0.29, 0.717) is 17.8 Å². The van der Waals surface area contributed by atoms with Crippen molar-refractivity contribution in [3.63, 3.8) is 0 Å². The lowest BCUT2D eigenvalue weighted by Crippen LogP contribution is -2.40. The molecule has 0 aliphatic carbocycles. The Morgan fingerprint density at radius 1 is 0.403 bits per heavy atom. The minimum atomic E-state index is -0.250. The van der Waals surface area contributed by atoms with Crippen molar-refractivity contribution in [3.8, 4) is 0 Å². The van der Waals surface area contributed by atoms with E-state index in [1.54, 1.807) is 13.4 Å². The Labute approximate surface area is 936 Å². The SMILES string of the molecule is COCCO.Cc1cc(C)c2c(Cl)ncnc2c1.Cc1cc(C)c2c(N3CCCCC3c3cc4nc(N5CCC5)cc(N5CCOCC5)n4n3)ncnc2c1.PPP(P)P(P(P(P)P)P(P)P)P(P(P(P(P)P)P(P)P)P(P(P)P)P(P)P)P(P(P(P(P)P)P(P)P)P(P(P)P)P(P)P)P(P(P(P)P)P(P)P)P(P(P)P)P(P)P.c1c(N2CCC2)nc2cc(C3CCCCN3)nn2c1N1CCOCC1. The summed E-state index contributed by atoms with van der Waals surface area (Å²) in [6, 6.07) is 17.8. The number of anilines is 5. The Bertz CT molecular complexity index is 4940. The molecule has 0 amide bonds.